The number of ether oxygens (including phenoxy) is 9. The molecule has 3 aliphatic rings. The van der Waals surface area contributed by atoms with Crippen LogP contribution >= 0.6 is 34.0 Å². The highest BCUT2D eigenvalue weighted by atomic mass is 32.1. The van der Waals surface area contributed by atoms with Crippen molar-refractivity contribution in [3.63, 3.8) is 0 Å². The van der Waals surface area contributed by atoms with E-state index in [0.29, 0.717) is 138 Å². The van der Waals surface area contributed by atoms with E-state index >= 15 is 13.2 Å². The van der Waals surface area contributed by atoms with E-state index in [1.165, 1.54) is 52.2 Å². The molecular weight excluding hydrogens is 1620 g/mol. The fraction of sp³-hybridized carbons (Fsp3) is 0.286. The number of amides is 3. The van der Waals surface area contributed by atoms with Crippen molar-refractivity contribution in [1.29, 1.82) is 0 Å². The maximum atomic E-state index is 15.3. The Morgan fingerprint density at radius 1 is 0.369 bits per heavy atom. The number of thiazole rings is 3. The Bertz CT molecular complexity index is 6100. The van der Waals surface area contributed by atoms with Crippen LogP contribution in [-0.4, -0.2) is 126 Å². The minimum Gasteiger partial charge on any atom is -0.483 e. The van der Waals surface area contributed by atoms with E-state index in [2.05, 4.69) is 50.8 Å². The topological polar surface area (TPSA) is 299 Å². The molecule has 0 unspecified atom stereocenters. The lowest BCUT2D eigenvalue weighted by atomic mass is 9.94. The third-order valence-electron chi connectivity index (χ3n) is 21.0. The van der Waals surface area contributed by atoms with Gasteiger partial charge in [-0.25, -0.2) is 72.4 Å². The SMILES string of the molecule is CCc1ccc(NC(=O)O[C@H]2CCCC[C@H]2Oc2cc3sc(-c4cc(C)cc5nc(OC)cnc45)nc3cc2F)cn1.COc1cnc2c(-c3nc4cc(F)c(O[C@@H]5CCCC[C@@H]5OC(=O)Nc5ccccc5)cc4s3)cc(C)cc2n1.COc1cnc2c(-c3nc4cc(F)c(O[C@H]5CCCC[C@H]5OC(=O)Nc5ccccc5)cc4s3)cc(C)cc2n1. The number of nitrogens with zero attached hydrogens (tertiary/aromatic N) is 10. The summed E-state index contributed by atoms with van der Waals surface area (Å²) in [6.07, 6.45) is 11.9. The Kier molecular flexibility index (Phi) is 25.3. The lowest BCUT2D eigenvalue weighted by Crippen LogP contribution is -2.39. The zero-order chi connectivity index (χ0) is 84.5. The van der Waals surface area contributed by atoms with E-state index in [1.54, 1.807) is 94.6 Å². The summed E-state index contributed by atoms with van der Waals surface area (Å²) < 4.78 is 99.4. The van der Waals surface area contributed by atoms with Gasteiger partial charge in [-0.15, -0.1) is 34.0 Å². The number of pyridine rings is 1. The van der Waals surface area contributed by atoms with Crippen molar-refractivity contribution in [2.45, 2.75) is 148 Å². The van der Waals surface area contributed by atoms with Crippen LogP contribution in [0.2, 0.25) is 0 Å². The predicted molar refractivity (Wildman–Crippen MR) is 465 cm³/mol. The van der Waals surface area contributed by atoms with Crippen LogP contribution < -0.4 is 44.4 Å². The second-order valence-electron chi connectivity index (χ2n) is 29.7. The van der Waals surface area contributed by atoms with Crippen LogP contribution in [0.4, 0.5) is 44.6 Å². The summed E-state index contributed by atoms with van der Waals surface area (Å²) in [5.74, 6) is 0.0833. The van der Waals surface area contributed by atoms with Crippen LogP contribution in [0.5, 0.6) is 34.9 Å². The summed E-state index contributed by atoms with van der Waals surface area (Å²) in [4.78, 5) is 83.3. The van der Waals surface area contributed by atoms with E-state index < -0.39 is 72.4 Å². The van der Waals surface area contributed by atoms with Gasteiger partial charge in [0.15, 0.2) is 34.7 Å². The van der Waals surface area contributed by atoms with Crippen LogP contribution in [0.1, 0.15) is 106 Å². The molecule has 0 bridgehead atoms. The molecule has 0 aliphatic heterocycles. The number of benzene rings is 8. The molecule has 15 aromatic rings. The van der Waals surface area contributed by atoms with Gasteiger partial charge in [-0.2, -0.15) is 0 Å². The number of halogens is 3. The quantitative estimate of drug-likeness (QED) is 0.0634. The van der Waals surface area contributed by atoms with Crippen LogP contribution in [0, 0.1) is 38.2 Å². The molecule has 3 fully saturated rings. The van der Waals surface area contributed by atoms with E-state index in [0.717, 1.165) is 98.1 Å². The van der Waals surface area contributed by atoms with Crippen molar-refractivity contribution in [1.82, 2.24) is 49.8 Å². The Labute approximate surface area is 710 Å². The average molecular weight is 1700 g/mol. The molecule has 3 saturated carbocycles. The van der Waals surface area contributed by atoms with Gasteiger partial charge in [0.1, 0.15) is 51.6 Å². The van der Waals surface area contributed by atoms with Crippen LogP contribution in [-0.2, 0) is 20.6 Å². The average Bonchev–Trinajstić information content (AvgIpc) is 1.65. The highest BCUT2D eigenvalue weighted by molar-refractivity contribution is 7.22. The number of rotatable bonds is 19. The maximum absolute atomic E-state index is 15.3. The standard InChI is InChI=1S/C31H30FN5O4S.2C30H27FN4O4S/c1-4-18-9-10-19(15-33-18)35-31(38)41-25-8-6-5-7-24(25)40-26-14-27-22(13-21(26)32)37-30(42-27)20-11-17(2)12-23-29(20)34-16-28(36-23)39-3;2*1-17-12-19(28-22(13-17)34-27(37-2)16-32-28)29-35-21-14-20(31)25(15-26(21)40-29)38-23-10-6-7-11-24(23)39-30(36)33-18-8-4-3-5-9-18/h9-16,24-25H,4-8H2,1-3H3,(H,35,38);2*3-5,8-9,12-16,23-24H,6-7,10-11H2,1-2H3,(H,33,36)/t24-,25+;2*23-,24+/m110/s1. The molecule has 8 aromatic carbocycles. The minimum absolute atomic E-state index is 0.108. The second kappa shape index (κ2) is 37.3. The van der Waals surface area contributed by atoms with Gasteiger partial charge in [0.25, 0.3) is 0 Å². The predicted octanol–water partition coefficient (Wildman–Crippen LogP) is 21.9. The van der Waals surface area contributed by atoms with Gasteiger partial charge >= 0.3 is 18.3 Å². The number of methoxy groups -OCH3 is 3. The molecule has 31 heteroatoms. The van der Waals surface area contributed by atoms with Gasteiger partial charge in [0.05, 0.1) is 116 Å². The first-order chi connectivity index (χ1) is 59.3. The van der Waals surface area contributed by atoms with E-state index in [9.17, 15) is 14.4 Å². The smallest absolute Gasteiger partial charge is 0.412 e. The molecule has 0 spiro atoms. The summed E-state index contributed by atoms with van der Waals surface area (Å²) in [6, 6.07) is 42.8. The van der Waals surface area contributed by atoms with Gasteiger partial charge in [-0.1, -0.05) is 43.3 Å². The zero-order valence-electron chi connectivity index (χ0n) is 67.6. The van der Waals surface area contributed by atoms with E-state index in [-0.39, 0.29) is 17.2 Å². The molecule has 0 radical (unpaired) electrons. The summed E-state index contributed by atoms with van der Waals surface area (Å²) in [7, 11) is 4.65. The molecule has 3 aliphatic carbocycles. The second-order valence-corrected chi connectivity index (χ2v) is 32.8. The first-order valence-electron chi connectivity index (χ1n) is 40.1. The van der Waals surface area contributed by atoms with Crippen molar-refractivity contribution in [2.75, 3.05) is 37.3 Å². The third kappa shape index (κ3) is 19.4. The van der Waals surface area contributed by atoms with Gasteiger partial charge in [-0.3, -0.25) is 20.9 Å². The largest absolute Gasteiger partial charge is 0.483 e. The van der Waals surface area contributed by atoms with Crippen LogP contribution in [0.3, 0.4) is 0 Å². The Hall–Kier alpha value is -13.0. The van der Waals surface area contributed by atoms with Gasteiger partial charge < -0.3 is 42.6 Å². The van der Waals surface area contributed by atoms with Crippen molar-refractivity contribution >= 4 is 133 Å². The Morgan fingerprint density at radius 3 is 0.992 bits per heavy atom. The maximum Gasteiger partial charge on any atom is 0.412 e. The molecule has 0 saturated heterocycles. The number of fused-ring (bicyclic) bond motifs is 6. The number of carbonyl (C=O) groups excluding carboxylic acids is 3. The zero-order valence-corrected chi connectivity index (χ0v) is 70.0. The number of aromatic nitrogens is 10. The molecule has 25 nitrogen and oxygen atoms in total. The molecule has 7 heterocycles. The lowest BCUT2D eigenvalue weighted by Gasteiger charge is -2.31. The summed E-state index contributed by atoms with van der Waals surface area (Å²) >= 11 is 4.28. The number of para-hydroxylation sites is 2. The highest BCUT2D eigenvalue weighted by Crippen LogP contribution is 2.43. The number of hydrogen-bond donors (Lipinski definition) is 3. The number of anilines is 3. The lowest BCUT2D eigenvalue weighted by molar-refractivity contribution is -0.00451. The molecule has 6 atom stereocenters. The van der Waals surface area contributed by atoms with Crippen molar-refractivity contribution in [3.8, 4) is 66.6 Å². The number of nitrogens with one attached hydrogen (secondary N) is 3. The van der Waals surface area contributed by atoms with Crippen molar-refractivity contribution in [2.24, 2.45) is 0 Å². The van der Waals surface area contributed by atoms with Gasteiger partial charge in [-0.05, 0) is 194 Å². The number of aryl methyl sites for hydroxylation is 4. The minimum atomic E-state index is -0.587. The molecule has 122 heavy (non-hydrogen) atoms. The fourth-order valence-corrected chi connectivity index (χ4v) is 18.0. The summed E-state index contributed by atoms with van der Waals surface area (Å²) in [6.45, 7) is 7.95. The van der Waals surface area contributed by atoms with Gasteiger partial charge in [0, 0.05) is 70.2 Å². The molecule has 7 aromatic heterocycles. The Morgan fingerprint density at radius 2 is 0.689 bits per heavy atom. The fourth-order valence-electron chi connectivity index (χ4n) is 15.0. The molecule has 3 N–H and O–H groups in total. The monoisotopic (exact) mass is 1700 g/mol. The van der Waals surface area contributed by atoms with Crippen LogP contribution in [0.25, 0.3) is 95.5 Å². The van der Waals surface area contributed by atoms with E-state index in [1.807, 2.05) is 107 Å². The molecule has 18 rings (SSSR count). The van der Waals surface area contributed by atoms with Crippen molar-refractivity contribution in [3.05, 3.63) is 210 Å². The highest BCUT2D eigenvalue weighted by Gasteiger charge is 2.35. The summed E-state index contributed by atoms with van der Waals surface area (Å²) in [5, 5.41) is 10.3. The normalized spacial score (nSPS) is 17.0. The summed E-state index contributed by atoms with van der Waals surface area (Å²) in [5.41, 5.74) is 14.0. The third-order valence-corrected chi connectivity index (χ3v) is 24.1. The van der Waals surface area contributed by atoms with E-state index in [4.69, 9.17) is 57.6 Å². The molecule has 624 valence electrons. The first kappa shape index (κ1) is 82.7. The Balaban J connectivity index is 0.000000136. The molecule has 3 amide bonds. The number of carbonyl (C=O) groups is 3. The first-order valence-corrected chi connectivity index (χ1v) is 42.5. The molecular formula is C91H84F3N13O12S3. The number of hydrogen-bond acceptors (Lipinski definition) is 25. The van der Waals surface area contributed by atoms with Crippen molar-refractivity contribution < 1.29 is 70.2 Å². The van der Waals surface area contributed by atoms with Gasteiger partial charge in [0.2, 0.25) is 17.6 Å². The van der Waals surface area contributed by atoms with Crippen LogP contribution in [0.15, 0.2) is 170 Å².